The van der Waals surface area contributed by atoms with Crippen LogP contribution in [0.3, 0.4) is 0 Å². The van der Waals surface area contributed by atoms with E-state index in [9.17, 15) is 4.79 Å². The van der Waals surface area contributed by atoms with Crippen LogP contribution >= 0.6 is 0 Å². The summed E-state index contributed by atoms with van der Waals surface area (Å²) in [7, 11) is 0. The van der Waals surface area contributed by atoms with E-state index >= 15 is 0 Å². The molecule has 4 N–H and O–H groups in total. The van der Waals surface area contributed by atoms with Crippen LogP contribution in [-0.2, 0) is 0 Å². The zero-order valence-electron chi connectivity index (χ0n) is 16.9. The van der Waals surface area contributed by atoms with Gasteiger partial charge in [-0.25, -0.2) is 9.78 Å². The molecule has 0 atom stereocenters. The van der Waals surface area contributed by atoms with Gasteiger partial charge in [-0.2, -0.15) is 0 Å². The van der Waals surface area contributed by atoms with Gasteiger partial charge in [-0.3, -0.25) is 9.88 Å². The number of hydrogen-bond donors (Lipinski definition) is 2. The number of nitrogen functional groups attached to an aromatic ring is 1. The number of hydrogen-bond acceptors (Lipinski definition) is 5. The lowest BCUT2D eigenvalue weighted by Crippen LogP contribution is -2.31. The normalized spacial score (nSPS) is 10.5. The van der Waals surface area contributed by atoms with Gasteiger partial charge in [0.25, 0.3) is 0 Å². The van der Waals surface area contributed by atoms with E-state index < -0.39 is 6.03 Å². The largest absolute Gasteiger partial charge is 0.451 e. The number of primary amides is 1. The van der Waals surface area contributed by atoms with Crippen LogP contribution in [0.15, 0.2) is 85.3 Å². The number of ether oxygens (including phenoxy) is 1. The highest BCUT2D eigenvalue weighted by molar-refractivity contribution is 6.00. The van der Waals surface area contributed by atoms with Crippen molar-refractivity contribution >= 4 is 23.2 Å². The van der Waals surface area contributed by atoms with Gasteiger partial charge in [0.15, 0.2) is 17.3 Å². The van der Waals surface area contributed by atoms with Gasteiger partial charge < -0.3 is 16.2 Å². The summed E-state index contributed by atoms with van der Waals surface area (Å²) in [5.41, 5.74) is 15.7. The minimum Gasteiger partial charge on any atom is -0.451 e. The Bertz CT molecular complexity index is 1210. The molecule has 2 heterocycles. The molecule has 154 valence electrons. The molecule has 2 aromatic carbocycles. The quantitative estimate of drug-likeness (QED) is 0.478. The number of nitrogens with two attached hydrogens (primary N) is 2. The zero-order valence-corrected chi connectivity index (χ0v) is 16.9. The van der Waals surface area contributed by atoms with E-state index in [-0.39, 0.29) is 5.82 Å². The van der Waals surface area contributed by atoms with E-state index in [2.05, 4.69) is 9.97 Å². The topological polar surface area (TPSA) is 107 Å². The first-order valence-electron chi connectivity index (χ1n) is 9.62. The summed E-state index contributed by atoms with van der Waals surface area (Å²) in [4.78, 5) is 22.1. The molecule has 0 unspecified atom stereocenters. The molecule has 7 nitrogen and oxygen atoms in total. The molecule has 0 bridgehead atoms. The van der Waals surface area contributed by atoms with Gasteiger partial charge in [0, 0.05) is 29.7 Å². The zero-order chi connectivity index (χ0) is 21.8. The number of benzene rings is 2. The molecule has 2 aromatic heterocycles. The monoisotopic (exact) mass is 411 g/mol. The van der Waals surface area contributed by atoms with E-state index in [0.717, 1.165) is 16.7 Å². The lowest BCUT2D eigenvalue weighted by atomic mass is 10.1. The molecule has 0 aliphatic heterocycles. The molecule has 0 aliphatic carbocycles. The van der Waals surface area contributed by atoms with E-state index in [0.29, 0.717) is 22.9 Å². The lowest BCUT2D eigenvalue weighted by Gasteiger charge is -2.23. The fourth-order valence-electron chi connectivity index (χ4n) is 3.15. The first kappa shape index (κ1) is 19.9. The van der Waals surface area contributed by atoms with Crippen molar-refractivity contribution in [1.82, 2.24) is 9.97 Å². The maximum absolute atomic E-state index is 12.3. The van der Waals surface area contributed by atoms with E-state index in [1.807, 2.05) is 49.4 Å². The summed E-state index contributed by atoms with van der Waals surface area (Å²) in [6.45, 7) is 1.97. The number of rotatable bonds is 5. The van der Waals surface area contributed by atoms with Gasteiger partial charge in [-0.1, -0.05) is 35.9 Å². The fourth-order valence-corrected chi connectivity index (χ4v) is 3.15. The third-order valence-corrected chi connectivity index (χ3v) is 4.72. The Morgan fingerprint density at radius 2 is 1.71 bits per heavy atom. The van der Waals surface area contributed by atoms with Crippen molar-refractivity contribution in [3.63, 3.8) is 0 Å². The van der Waals surface area contributed by atoms with Gasteiger partial charge in [-0.05, 0) is 43.3 Å². The van der Waals surface area contributed by atoms with Crippen molar-refractivity contribution in [3.8, 4) is 22.6 Å². The predicted octanol–water partition coefficient (Wildman–Crippen LogP) is 5.04. The third-order valence-electron chi connectivity index (χ3n) is 4.72. The SMILES string of the molecule is Cc1ccc(N(C(N)=O)c2ccccc2Oc2cc(-c3cccnc3)cnc2N)cc1. The molecule has 0 spiro atoms. The smallest absolute Gasteiger partial charge is 0.324 e. The van der Waals surface area contributed by atoms with Crippen molar-refractivity contribution < 1.29 is 9.53 Å². The van der Waals surface area contributed by atoms with Gasteiger partial charge in [0.1, 0.15) is 0 Å². The Balaban J connectivity index is 1.74. The highest BCUT2D eigenvalue weighted by Gasteiger charge is 2.20. The molecule has 4 rings (SSSR count). The second-order valence-corrected chi connectivity index (χ2v) is 6.93. The fraction of sp³-hybridized carbons (Fsp3) is 0.0417. The minimum atomic E-state index is -0.630. The van der Waals surface area contributed by atoms with Crippen LogP contribution in [0.25, 0.3) is 11.1 Å². The van der Waals surface area contributed by atoms with E-state index in [1.54, 1.807) is 42.9 Å². The highest BCUT2D eigenvalue weighted by Crippen LogP contribution is 2.38. The average molecular weight is 411 g/mol. The number of carbonyl (C=O) groups is 1. The molecule has 0 saturated carbocycles. The number of para-hydroxylation sites is 2. The molecular weight excluding hydrogens is 390 g/mol. The second kappa shape index (κ2) is 8.54. The van der Waals surface area contributed by atoms with E-state index in [1.165, 1.54) is 4.90 Å². The maximum Gasteiger partial charge on any atom is 0.324 e. The summed E-state index contributed by atoms with van der Waals surface area (Å²) in [5, 5.41) is 0. The highest BCUT2D eigenvalue weighted by atomic mass is 16.5. The number of carbonyl (C=O) groups excluding carboxylic acids is 1. The molecule has 0 saturated heterocycles. The van der Waals surface area contributed by atoms with Crippen LogP contribution < -0.4 is 21.1 Å². The Morgan fingerprint density at radius 3 is 2.42 bits per heavy atom. The first-order valence-corrected chi connectivity index (χ1v) is 9.62. The standard InChI is InChI=1S/C24H21N5O2/c1-16-8-10-19(11-9-16)29(24(26)30)20-6-2-3-7-21(20)31-22-13-18(15-28-23(22)25)17-5-4-12-27-14-17/h2-15H,1H3,(H2,25,28)(H2,26,30). The summed E-state index contributed by atoms with van der Waals surface area (Å²) < 4.78 is 6.12. The molecule has 0 radical (unpaired) electrons. The van der Waals surface area contributed by atoms with Crippen molar-refractivity contribution in [1.29, 1.82) is 0 Å². The molecule has 2 amide bonds. The first-order chi connectivity index (χ1) is 15.0. The van der Waals surface area contributed by atoms with E-state index in [4.69, 9.17) is 16.2 Å². The molecular formula is C24H21N5O2. The minimum absolute atomic E-state index is 0.225. The Kier molecular flexibility index (Phi) is 5.49. The Hall–Kier alpha value is -4.39. The summed E-state index contributed by atoms with van der Waals surface area (Å²) in [6, 6.07) is 19.5. The van der Waals surface area contributed by atoms with Gasteiger partial charge in [0.05, 0.1) is 11.4 Å². The van der Waals surface area contributed by atoms with Crippen molar-refractivity contribution in [3.05, 3.63) is 90.9 Å². The number of aryl methyl sites for hydroxylation is 1. The maximum atomic E-state index is 12.3. The lowest BCUT2D eigenvalue weighted by molar-refractivity contribution is 0.256. The number of urea groups is 1. The Labute approximate surface area is 179 Å². The molecule has 31 heavy (non-hydrogen) atoms. The summed E-state index contributed by atoms with van der Waals surface area (Å²) in [6.07, 6.45) is 5.09. The molecule has 0 fully saturated rings. The average Bonchev–Trinajstić information content (AvgIpc) is 2.78. The van der Waals surface area contributed by atoms with Crippen molar-refractivity contribution in [2.75, 3.05) is 10.6 Å². The molecule has 0 aliphatic rings. The molecule has 4 aromatic rings. The number of pyridine rings is 2. The molecule has 7 heteroatoms. The van der Waals surface area contributed by atoms with Gasteiger partial charge in [0.2, 0.25) is 0 Å². The van der Waals surface area contributed by atoms with Crippen LogP contribution in [0.4, 0.5) is 22.0 Å². The summed E-state index contributed by atoms with van der Waals surface area (Å²) >= 11 is 0. The van der Waals surface area contributed by atoms with Crippen LogP contribution in [0.1, 0.15) is 5.56 Å². The van der Waals surface area contributed by atoms with Crippen molar-refractivity contribution in [2.24, 2.45) is 5.73 Å². The van der Waals surface area contributed by atoms with Crippen LogP contribution in [0.2, 0.25) is 0 Å². The number of aromatic nitrogens is 2. The van der Waals surface area contributed by atoms with Crippen LogP contribution in [0.5, 0.6) is 11.5 Å². The number of amides is 2. The number of anilines is 3. The third kappa shape index (κ3) is 4.30. The second-order valence-electron chi connectivity index (χ2n) is 6.93. The predicted molar refractivity (Wildman–Crippen MR) is 121 cm³/mol. The van der Waals surface area contributed by atoms with Crippen LogP contribution in [0, 0.1) is 6.92 Å². The van der Waals surface area contributed by atoms with Crippen LogP contribution in [-0.4, -0.2) is 16.0 Å². The number of nitrogens with zero attached hydrogens (tertiary/aromatic N) is 3. The van der Waals surface area contributed by atoms with Crippen molar-refractivity contribution in [2.45, 2.75) is 6.92 Å². The van der Waals surface area contributed by atoms with Gasteiger partial charge >= 0.3 is 6.03 Å². The summed E-state index contributed by atoms with van der Waals surface area (Å²) in [5.74, 6) is 1.00. The van der Waals surface area contributed by atoms with Gasteiger partial charge in [-0.15, -0.1) is 0 Å². The Morgan fingerprint density at radius 1 is 0.935 bits per heavy atom.